The highest BCUT2D eigenvalue weighted by Crippen LogP contribution is 2.30. The van der Waals surface area contributed by atoms with Gasteiger partial charge in [-0.1, -0.05) is 0 Å². The van der Waals surface area contributed by atoms with Gasteiger partial charge in [0.1, 0.15) is 5.82 Å². The smallest absolute Gasteiger partial charge is 0.261 e. The molecule has 2 aliphatic heterocycles. The molecule has 1 aromatic heterocycles. The predicted molar refractivity (Wildman–Crippen MR) is 97.6 cm³/mol. The number of hydrogen-bond donors (Lipinski definition) is 1. The largest absolute Gasteiger partial charge is 0.481 e. The van der Waals surface area contributed by atoms with E-state index in [-0.39, 0.29) is 24.3 Å². The fraction of sp³-hybridized carbons (Fsp3) is 0.450. The number of rotatable bonds is 4. The molecule has 0 radical (unpaired) electrons. The number of likely N-dealkylation sites (tertiary alicyclic amines) is 1. The van der Waals surface area contributed by atoms with E-state index in [0.717, 1.165) is 62.2 Å². The molecule has 1 fully saturated rings. The molecule has 0 aliphatic carbocycles. The number of halogens is 2. The molecule has 2 aromatic rings. The lowest BCUT2D eigenvalue weighted by Crippen LogP contribution is -2.42. The van der Waals surface area contributed by atoms with Gasteiger partial charge in [0.15, 0.2) is 24.0 Å². The molecule has 0 bridgehead atoms. The van der Waals surface area contributed by atoms with Crippen molar-refractivity contribution in [1.82, 2.24) is 20.2 Å². The third kappa shape index (κ3) is 3.96. The number of amides is 1. The van der Waals surface area contributed by atoms with Gasteiger partial charge in [-0.15, -0.1) is 0 Å². The molecule has 8 heteroatoms. The van der Waals surface area contributed by atoms with Gasteiger partial charge in [0, 0.05) is 49.6 Å². The average molecular weight is 388 g/mol. The zero-order valence-corrected chi connectivity index (χ0v) is 15.5. The molecule has 1 saturated heterocycles. The van der Waals surface area contributed by atoms with Crippen LogP contribution in [0.5, 0.6) is 5.75 Å². The Kier molecular flexibility index (Phi) is 5.47. The van der Waals surface area contributed by atoms with Crippen molar-refractivity contribution in [2.24, 2.45) is 0 Å². The number of ether oxygens (including phenoxy) is 1. The molecule has 0 spiro atoms. The molecule has 2 aliphatic rings. The second kappa shape index (κ2) is 8.18. The van der Waals surface area contributed by atoms with Crippen LogP contribution in [0.15, 0.2) is 24.4 Å². The summed E-state index contributed by atoms with van der Waals surface area (Å²) in [6, 6.07) is 2.82. The number of carbonyl (C=O) groups excluding carboxylic acids is 1. The number of piperidine rings is 1. The van der Waals surface area contributed by atoms with Crippen molar-refractivity contribution in [2.75, 3.05) is 19.7 Å². The summed E-state index contributed by atoms with van der Waals surface area (Å²) >= 11 is 0. The van der Waals surface area contributed by atoms with Crippen LogP contribution in [0.4, 0.5) is 8.78 Å². The molecule has 4 rings (SSSR count). The normalized spacial score (nSPS) is 19.2. The molecule has 1 N–H and O–H groups in total. The maximum absolute atomic E-state index is 13.7. The monoisotopic (exact) mass is 388 g/mol. The number of fused-ring (bicyclic) bond motifs is 1. The Bertz CT molecular complexity index is 877. The van der Waals surface area contributed by atoms with E-state index in [4.69, 9.17) is 9.72 Å². The van der Waals surface area contributed by atoms with Gasteiger partial charge < -0.3 is 15.0 Å². The van der Waals surface area contributed by atoms with Crippen LogP contribution in [0.2, 0.25) is 0 Å². The second-order valence-corrected chi connectivity index (χ2v) is 7.09. The molecule has 28 heavy (non-hydrogen) atoms. The average Bonchev–Trinajstić information content (AvgIpc) is 2.72. The first-order valence-electron chi connectivity index (χ1n) is 9.54. The molecule has 1 amide bonds. The molecule has 3 heterocycles. The maximum atomic E-state index is 13.7. The summed E-state index contributed by atoms with van der Waals surface area (Å²) in [5.41, 5.74) is 2.13. The van der Waals surface area contributed by atoms with Crippen molar-refractivity contribution in [3.8, 4) is 5.75 Å². The molecule has 148 valence electrons. The van der Waals surface area contributed by atoms with Crippen LogP contribution >= 0.6 is 0 Å². The zero-order chi connectivity index (χ0) is 19.5. The minimum absolute atomic E-state index is 0.138. The first-order valence-corrected chi connectivity index (χ1v) is 9.54. The van der Waals surface area contributed by atoms with E-state index in [0.29, 0.717) is 12.4 Å². The Balaban J connectivity index is 1.48. The van der Waals surface area contributed by atoms with Crippen molar-refractivity contribution in [3.63, 3.8) is 0 Å². The van der Waals surface area contributed by atoms with E-state index in [9.17, 15) is 13.6 Å². The number of aromatic nitrogens is 2. The van der Waals surface area contributed by atoms with Crippen molar-refractivity contribution >= 4 is 5.91 Å². The van der Waals surface area contributed by atoms with E-state index >= 15 is 0 Å². The summed E-state index contributed by atoms with van der Waals surface area (Å²) in [5, 5.41) is 3.29. The van der Waals surface area contributed by atoms with E-state index < -0.39 is 11.6 Å². The maximum Gasteiger partial charge on any atom is 0.261 e. The lowest BCUT2D eigenvalue weighted by Gasteiger charge is -2.35. The van der Waals surface area contributed by atoms with Crippen LogP contribution in [0.25, 0.3) is 0 Å². The Hall–Kier alpha value is -2.61. The van der Waals surface area contributed by atoms with Gasteiger partial charge in [0.2, 0.25) is 0 Å². The molecule has 1 aromatic carbocycles. The minimum atomic E-state index is -0.824. The molecule has 1 unspecified atom stereocenters. The number of hydrogen-bond acceptors (Lipinski definition) is 5. The van der Waals surface area contributed by atoms with Crippen LogP contribution in [0.1, 0.15) is 42.4 Å². The first-order chi connectivity index (χ1) is 13.6. The summed E-state index contributed by atoms with van der Waals surface area (Å²) < 4.78 is 32.0. The second-order valence-electron chi connectivity index (χ2n) is 7.09. The van der Waals surface area contributed by atoms with Crippen LogP contribution in [-0.2, 0) is 17.8 Å². The lowest BCUT2D eigenvalue weighted by molar-refractivity contribution is -0.137. The quantitative estimate of drug-likeness (QED) is 0.872. The van der Waals surface area contributed by atoms with Gasteiger partial charge >= 0.3 is 0 Å². The Morgan fingerprint density at radius 1 is 1.32 bits per heavy atom. The van der Waals surface area contributed by atoms with Crippen LogP contribution in [0, 0.1) is 11.6 Å². The van der Waals surface area contributed by atoms with Crippen molar-refractivity contribution in [2.45, 2.75) is 38.3 Å². The number of benzene rings is 1. The summed E-state index contributed by atoms with van der Waals surface area (Å²) in [5.74, 6) is -1.25. The zero-order valence-electron chi connectivity index (χ0n) is 15.5. The summed E-state index contributed by atoms with van der Waals surface area (Å²) in [6.07, 6.45) is 5.35. The van der Waals surface area contributed by atoms with Gasteiger partial charge in [-0.25, -0.2) is 18.7 Å². The first kappa shape index (κ1) is 18.7. The van der Waals surface area contributed by atoms with E-state index in [1.807, 2.05) is 6.20 Å². The fourth-order valence-corrected chi connectivity index (χ4v) is 3.73. The van der Waals surface area contributed by atoms with Gasteiger partial charge in [-0.3, -0.25) is 4.79 Å². The van der Waals surface area contributed by atoms with Gasteiger partial charge in [0.25, 0.3) is 5.91 Å². The fourth-order valence-electron chi connectivity index (χ4n) is 3.73. The van der Waals surface area contributed by atoms with Crippen molar-refractivity contribution < 1.29 is 18.3 Å². The summed E-state index contributed by atoms with van der Waals surface area (Å²) in [4.78, 5) is 23.7. The lowest BCUT2D eigenvalue weighted by atomic mass is 10.0. The Morgan fingerprint density at radius 3 is 3.07 bits per heavy atom. The molecule has 0 saturated carbocycles. The van der Waals surface area contributed by atoms with Crippen molar-refractivity contribution in [1.29, 1.82) is 0 Å². The van der Waals surface area contributed by atoms with Gasteiger partial charge in [-0.2, -0.15) is 0 Å². The number of nitrogens with one attached hydrogen (secondary N) is 1. The minimum Gasteiger partial charge on any atom is -0.481 e. The highest BCUT2D eigenvalue weighted by Gasteiger charge is 2.31. The highest BCUT2D eigenvalue weighted by atomic mass is 19.1. The predicted octanol–water partition coefficient (Wildman–Crippen LogP) is 2.53. The van der Waals surface area contributed by atoms with Crippen LogP contribution in [0.3, 0.4) is 0 Å². The van der Waals surface area contributed by atoms with Crippen LogP contribution in [-0.4, -0.2) is 40.5 Å². The summed E-state index contributed by atoms with van der Waals surface area (Å²) in [7, 11) is 0. The third-order valence-corrected chi connectivity index (χ3v) is 5.19. The third-order valence-electron chi connectivity index (χ3n) is 5.19. The van der Waals surface area contributed by atoms with E-state index in [1.54, 1.807) is 4.90 Å². The van der Waals surface area contributed by atoms with Gasteiger partial charge in [-0.05, 0) is 31.4 Å². The topological polar surface area (TPSA) is 67.3 Å². The van der Waals surface area contributed by atoms with Gasteiger partial charge in [0.05, 0.1) is 6.04 Å². The Morgan fingerprint density at radius 2 is 2.21 bits per heavy atom. The SMILES string of the molecule is O=C(COc1ccc(F)cc1F)N1CCCCC1c1ncc2c(n1)CCNC2. The van der Waals surface area contributed by atoms with Crippen molar-refractivity contribution in [3.05, 3.63) is 53.1 Å². The molecule has 1 atom stereocenters. The molecular formula is C20H22F2N4O2. The molecule has 6 nitrogen and oxygen atoms in total. The highest BCUT2D eigenvalue weighted by molar-refractivity contribution is 5.78. The number of carbonyl (C=O) groups is 1. The van der Waals surface area contributed by atoms with Crippen LogP contribution < -0.4 is 10.1 Å². The molecular weight excluding hydrogens is 366 g/mol. The Labute approximate surface area is 161 Å². The standard InChI is InChI=1S/C20H22F2N4O2/c21-14-4-5-18(15(22)9-14)28-12-19(27)26-8-2-1-3-17(26)20-24-11-13-10-23-7-6-16(13)25-20/h4-5,9,11,17,23H,1-3,6-8,10,12H2. The van der Waals surface area contributed by atoms with E-state index in [2.05, 4.69) is 10.3 Å². The van der Waals surface area contributed by atoms with E-state index in [1.165, 1.54) is 6.07 Å². The number of nitrogens with zero attached hydrogens (tertiary/aromatic N) is 3. The summed E-state index contributed by atoms with van der Waals surface area (Å²) in [6.45, 7) is 1.92.